The van der Waals surface area contributed by atoms with Crippen LogP contribution in [0.4, 0.5) is 9.18 Å². The number of rotatable bonds is 6. The predicted octanol–water partition coefficient (Wildman–Crippen LogP) is 1.65. The summed E-state index contributed by atoms with van der Waals surface area (Å²) in [5, 5.41) is 2.78. The monoisotopic (exact) mass is 366 g/mol. The molecule has 142 valence electrons. The topological polar surface area (TPSA) is 84.9 Å². The van der Waals surface area contributed by atoms with Gasteiger partial charge in [0.15, 0.2) is 6.61 Å². The maximum atomic E-state index is 13.1. The van der Waals surface area contributed by atoms with Crippen LogP contribution in [0.15, 0.2) is 24.3 Å². The lowest BCUT2D eigenvalue weighted by Gasteiger charge is -2.31. The van der Waals surface area contributed by atoms with Gasteiger partial charge in [-0.25, -0.2) is 9.18 Å². The first-order chi connectivity index (χ1) is 12.5. The fourth-order valence-corrected chi connectivity index (χ4v) is 2.70. The fraction of sp³-hybridized carbons (Fsp3) is 0.500. The van der Waals surface area contributed by atoms with Gasteiger partial charge in [0.25, 0.3) is 5.91 Å². The van der Waals surface area contributed by atoms with E-state index in [9.17, 15) is 18.8 Å². The zero-order chi connectivity index (χ0) is 18.9. The summed E-state index contributed by atoms with van der Waals surface area (Å²) in [5.74, 6) is -1.42. The Balaban J connectivity index is 1.66. The molecule has 2 rings (SSSR count). The van der Waals surface area contributed by atoms with Crippen molar-refractivity contribution >= 4 is 18.0 Å². The van der Waals surface area contributed by atoms with Crippen molar-refractivity contribution in [2.75, 3.05) is 26.3 Å². The fourth-order valence-electron chi connectivity index (χ4n) is 2.70. The number of nitrogens with one attached hydrogen (secondary N) is 1. The smallest absolute Gasteiger partial charge is 0.409 e. The summed E-state index contributed by atoms with van der Waals surface area (Å²) in [4.78, 5) is 36.8. The molecule has 1 fully saturated rings. The molecule has 1 aromatic carbocycles. The quantitative estimate of drug-likeness (QED) is 0.774. The Morgan fingerprint density at radius 3 is 2.62 bits per heavy atom. The van der Waals surface area contributed by atoms with Gasteiger partial charge in [-0.3, -0.25) is 9.59 Å². The Hall–Kier alpha value is -2.64. The number of halogens is 1. The van der Waals surface area contributed by atoms with Crippen molar-refractivity contribution < 1.29 is 28.2 Å². The first-order valence-electron chi connectivity index (χ1n) is 8.59. The molecule has 1 saturated heterocycles. The van der Waals surface area contributed by atoms with Crippen molar-refractivity contribution in [3.8, 4) is 0 Å². The van der Waals surface area contributed by atoms with Crippen LogP contribution in [0.3, 0.4) is 0 Å². The third kappa shape index (κ3) is 6.34. The van der Waals surface area contributed by atoms with E-state index in [-0.39, 0.29) is 25.2 Å². The van der Waals surface area contributed by atoms with Gasteiger partial charge in [0.2, 0.25) is 0 Å². The number of carbonyl (C=O) groups excluding carboxylic acids is 3. The first kappa shape index (κ1) is 19.7. The highest BCUT2D eigenvalue weighted by atomic mass is 19.1. The minimum Gasteiger partial charge on any atom is -0.455 e. The third-order valence-corrected chi connectivity index (χ3v) is 3.99. The van der Waals surface area contributed by atoms with Crippen LogP contribution in [0.5, 0.6) is 0 Å². The maximum absolute atomic E-state index is 13.1. The van der Waals surface area contributed by atoms with E-state index in [1.165, 1.54) is 18.2 Å². The summed E-state index contributed by atoms with van der Waals surface area (Å²) in [5.41, 5.74) is 0.488. The van der Waals surface area contributed by atoms with Crippen LogP contribution in [0.25, 0.3) is 0 Å². The summed E-state index contributed by atoms with van der Waals surface area (Å²) in [6, 6.07) is 5.58. The Labute approximate surface area is 151 Å². The summed E-state index contributed by atoms with van der Waals surface area (Å²) >= 11 is 0. The standard InChI is InChI=1S/C18H23FN2O5/c1-2-25-18(24)21-8-6-15(7-9-21)20-16(22)12-26-17(23)11-13-4-3-5-14(19)10-13/h3-5,10,15H,2,6-9,11-12H2,1H3,(H,20,22). The highest BCUT2D eigenvalue weighted by Crippen LogP contribution is 2.11. The molecule has 0 aromatic heterocycles. The van der Waals surface area contributed by atoms with E-state index in [2.05, 4.69) is 5.32 Å². The van der Waals surface area contributed by atoms with Gasteiger partial charge in [-0.2, -0.15) is 0 Å². The van der Waals surface area contributed by atoms with Gasteiger partial charge in [0, 0.05) is 19.1 Å². The summed E-state index contributed by atoms with van der Waals surface area (Å²) in [6.07, 6.45) is 0.788. The zero-order valence-electron chi connectivity index (χ0n) is 14.7. The number of nitrogens with zero attached hydrogens (tertiary/aromatic N) is 1. The maximum Gasteiger partial charge on any atom is 0.409 e. The van der Waals surface area contributed by atoms with Gasteiger partial charge >= 0.3 is 12.1 Å². The number of hydrogen-bond acceptors (Lipinski definition) is 5. The average molecular weight is 366 g/mol. The Bertz CT molecular complexity index is 644. The van der Waals surface area contributed by atoms with Gasteiger partial charge in [0.05, 0.1) is 13.0 Å². The Morgan fingerprint density at radius 1 is 1.23 bits per heavy atom. The number of esters is 1. The zero-order valence-corrected chi connectivity index (χ0v) is 14.7. The number of carbonyl (C=O) groups is 3. The molecule has 0 bridgehead atoms. The van der Waals surface area contributed by atoms with E-state index < -0.39 is 17.7 Å². The second-order valence-corrected chi connectivity index (χ2v) is 6.00. The van der Waals surface area contributed by atoms with Crippen LogP contribution in [0, 0.1) is 5.82 Å². The van der Waals surface area contributed by atoms with Crippen molar-refractivity contribution in [1.29, 1.82) is 0 Å². The number of hydrogen-bond donors (Lipinski definition) is 1. The number of likely N-dealkylation sites (tertiary alicyclic amines) is 1. The van der Waals surface area contributed by atoms with Crippen LogP contribution in [-0.4, -0.2) is 55.2 Å². The van der Waals surface area contributed by atoms with Crippen molar-refractivity contribution in [2.24, 2.45) is 0 Å². The molecule has 1 aliphatic rings. The van der Waals surface area contributed by atoms with Crippen LogP contribution in [-0.2, 0) is 25.5 Å². The lowest BCUT2D eigenvalue weighted by atomic mass is 10.1. The van der Waals surface area contributed by atoms with Crippen molar-refractivity contribution in [3.05, 3.63) is 35.6 Å². The van der Waals surface area contributed by atoms with E-state index in [0.717, 1.165) is 0 Å². The van der Waals surface area contributed by atoms with E-state index in [4.69, 9.17) is 9.47 Å². The summed E-state index contributed by atoms with van der Waals surface area (Å²) < 4.78 is 22.9. The molecule has 2 amide bonds. The Morgan fingerprint density at radius 2 is 1.96 bits per heavy atom. The molecule has 8 heteroatoms. The molecule has 0 saturated carbocycles. The van der Waals surface area contributed by atoms with Crippen molar-refractivity contribution in [2.45, 2.75) is 32.2 Å². The van der Waals surface area contributed by atoms with Crippen LogP contribution in [0.2, 0.25) is 0 Å². The SMILES string of the molecule is CCOC(=O)N1CCC(NC(=O)COC(=O)Cc2cccc(F)c2)CC1. The second-order valence-electron chi connectivity index (χ2n) is 6.00. The predicted molar refractivity (Wildman–Crippen MR) is 90.8 cm³/mol. The largest absolute Gasteiger partial charge is 0.455 e. The van der Waals surface area contributed by atoms with Gasteiger partial charge in [-0.05, 0) is 37.5 Å². The molecule has 7 nitrogen and oxygen atoms in total. The number of ether oxygens (including phenoxy) is 2. The molecule has 26 heavy (non-hydrogen) atoms. The number of amides is 2. The molecule has 1 heterocycles. The normalized spacial score (nSPS) is 14.6. The van der Waals surface area contributed by atoms with E-state index in [1.54, 1.807) is 17.9 Å². The van der Waals surface area contributed by atoms with Gasteiger partial charge in [0.1, 0.15) is 5.82 Å². The molecule has 1 aromatic rings. The van der Waals surface area contributed by atoms with Gasteiger partial charge in [-0.15, -0.1) is 0 Å². The highest BCUT2D eigenvalue weighted by molar-refractivity contribution is 5.81. The molecular weight excluding hydrogens is 343 g/mol. The minimum atomic E-state index is -0.595. The van der Waals surface area contributed by atoms with E-state index >= 15 is 0 Å². The average Bonchev–Trinajstić information content (AvgIpc) is 2.61. The third-order valence-electron chi connectivity index (χ3n) is 3.99. The second kappa shape index (κ2) is 9.74. The number of benzene rings is 1. The first-order valence-corrected chi connectivity index (χ1v) is 8.59. The van der Waals surface area contributed by atoms with Gasteiger partial charge in [-0.1, -0.05) is 12.1 Å². The molecule has 1 aliphatic heterocycles. The minimum absolute atomic E-state index is 0.0740. The van der Waals surface area contributed by atoms with Crippen molar-refractivity contribution in [3.63, 3.8) is 0 Å². The molecule has 1 N–H and O–H groups in total. The Kier molecular flexibility index (Phi) is 7.37. The van der Waals surface area contributed by atoms with Crippen LogP contribution < -0.4 is 5.32 Å². The molecular formula is C18H23FN2O5. The number of piperidine rings is 1. The molecule has 0 spiro atoms. The van der Waals surface area contributed by atoms with Crippen LogP contribution in [0.1, 0.15) is 25.3 Å². The van der Waals surface area contributed by atoms with Crippen LogP contribution >= 0.6 is 0 Å². The van der Waals surface area contributed by atoms with Crippen molar-refractivity contribution in [1.82, 2.24) is 10.2 Å². The lowest BCUT2D eigenvalue weighted by Crippen LogP contribution is -2.47. The molecule has 0 unspecified atom stereocenters. The summed E-state index contributed by atoms with van der Waals surface area (Å²) in [7, 11) is 0. The van der Waals surface area contributed by atoms with Gasteiger partial charge < -0.3 is 19.7 Å². The molecule has 0 radical (unpaired) electrons. The summed E-state index contributed by atoms with van der Waals surface area (Å²) in [6.45, 7) is 2.70. The van der Waals surface area contributed by atoms with E-state index in [0.29, 0.717) is 38.1 Å². The molecule has 0 aliphatic carbocycles. The highest BCUT2D eigenvalue weighted by Gasteiger charge is 2.24. The lowest BCUT2D eigenvalue weighted by molar-refractivity contribution is -0.148. The van der Waals surface area contributed by atoms with E-state index in [1.807, 2.05) is 0 Å². The molecule has 0 atom stereocenters.